The number of nitrogens with zero attached hydrogens (tertiary/aromatic N) is 3. The molecule has 1 aromatic heterocycles. The first-order valence-electron chi connectivity index (χ1n) is 14.1. The number of ether oxygens (including phenoxy) is 1. The fourth-order valence-corrected chi connectivity index (χ4v) is 6.48. The number of alkyl halides is 2. The molecule has 3 aliphatic rings. The predicted molar refractivity (Wildman–Crippen MR) is 154 cm³/mol. The molecule has 1 amide bonds. The average molecular weight is 608 g/mol. The van der Waals surface area contributed by atoms with Crippen molar-refractivity contribution in [1.29, 1.82) is 0 Å². The van der Waals surface area contributed by atoms with Crippen LogP contribution in [0.15, 0.2) is 41.3 Å². The Balaban J connectivity index is 1.38. The lowest BCUT2D eigenvalue weighted by atomic mass is 9.93. The fourth-order valence-electron chi connectivity index (χ4n) is 5.53. The third kappa shape index (κ3) is 7.02. The Kier molecular flexibility index (Phi) is 8.19. The molecule has 3 heterocycles. The van der Waals surface area contributed by atoms with E-state index in [9.17, 15) is 31.6 Å². The zero-order valence-electron chi connectivity index (χ0n) is 23.4. The molecule has 2 N–H and O–H groups in total. The summed E-state index contributed by atoms with van der Waals surface area (Å²) in [6.45, 7) is 3.04. The molecule has 1 aromatic carbocycles. The molecule has 0 atom stereocenters. The van der Waals surface area contributed by atoms with Crippen molar-refractivity contribution in [2.45, 2.75) is 51.4 Å². The maximum atomic E-state index is 13.6. The predicted octanol–water partition coefficient (Wildman–Crippen LogP) is 3.15. The smallest absolute Gasteiger partial charge is 0.323 e. The molecule has 14 heteroatoms. The zero-order chi connectivity index (χ0) is 30.1. The number of sulfonamides is 1. The van der Waals surface area contributed by atoms with Crippen LogP contribution in [0.2, 0.25) is 0 Å². The minimum Gasteiger partial charge on any atom is -0.465 e. The molecular weight excluding hydrogens is 572 g/mol. The van der Waals surface area contributed by atoms with Crippen LogP contribution in [-0.4, -0.2) is 69.4 Å². The Bertz CT molecular complexity index is 1500. The Labute approximate surface area is 242 Å². The number of piperidine rings is 2. The maximum Gasteiger partial charge on any atom is 0.323 e. The molecule has 1 aliphatic carbocycles. The van der Waals surface area contributed by atoms with Crippen LogP contribution in [0.25, 0.3) is 0 Å². The van der Waals surface area contributed by atoms with Gasteiger partial charge in [0.25, 0.3) is 17.4 Å². The van der Waals surface area contributed by atoms with Gasteiger partial charge in [-0.15, -0.1) is 0 Å². The molecule has 2 aromatic rings. The van der Waals surface area contributed by atoms with Crippen LogP contribution in [0.1, 0.15) is 55.8 Å². The number of pyridine rings is 1. The van der Waals surface area contributed by atoms with E-state index in [0.717, 1.165) is 12.8 Å². The SMILES string of the molecule is CCOC(=O)CS(=O)(=O)Nc1ccc(C(=O)Nc2ccc(=O)n(N3CCC(F)(F)CC3)c2)c(N2CCC3(CC2)CC3)c1. The molecule has 0 radical (unpaired) electrons. The van der Waals surface area contributed by atoms with Gasteiger partial charge in [0.15, 0.2) is 5.75 Å². The van der Waals surface area contributed by atoms with Crippen LogP contribution in [0, 0.1) is 5.41 Å². The van der Waals surface area contributed by atoms with Gasteiger partial charge >= 0.3 is 5.97 Å². The normalized spacial score (nSPS) is 19.3. The van der Waals surface area contributed by atoms with E-state index in [0.29, 0.717) is 35.4 Å². The van der Waals surface area contributed by atoms with Crippen LogP contribution in [0.4, 0.5) is 25.8 Å². The largest absolute Gasteiger partial charge is 0.465 e. The standard InChI is InChI=1S/C28H35F2N5O6S/c1-2-41-25(37)19-42(39,40)32-20-3-5-22(23(17-20)33-13-9-27(7-8-27)10-14-33)26(38)31-21-4-6-24(36)35(18-21)34-15-11-28(29,30)12-16-34/h3-6,17-18,32H,2,7-16,19H2,1H3,(H,31,38). The summed E-state index contributed by atoms with van der Waals surface area (Å²) in [6, 6.07) is 7.26. The molecular formula is C28H35F2N5O6S. The van der Waals surface area contributed by atoms with Gasteiger partial charge in [-0.05, 0) is 62.3 Å². The molecule has 0 unspecified atom stereocenters. The van der Waals surface area contributed by atoms with E-state index in [1.165, 1.54) is 53.0 Å². The summed E-state index contributed by atoms with van der Waals surface area (Å²) in [6.07, 6.45) is 4.98. The second-order valence-corrected chi connectivity index (χ2v) is 13.0. The first kappa shape index (κ1) is 29.8. The summed E-state index contributed by atoms with van der Waals surface area (Å²) in [7, 11) is -4.05. The second-order valence-electron chi connectivity index (χ2n) is 11.2. The lowest BCUT2D eigenvalue weighted by Crippen LogP contribution is -2.49. The van der Waals surface area contributed by atoms with Crippen molar-refractivity contribution in [3.8, 4) is 0 Å². The van der Waals surface area contributed by atoms with Crippen molar-refractivity contribution >= 4 is 39.0 Å². The van der Waals surface area contributed by atoms with Crippen LogP contribution < -0.4 is 25.5 Å². The van der Waals surface area contributed by atoms with Crippen molar-refractivity contribution in [3.05, 3.63) is 52.4 Å². The quantitative estimate of drug-likeness (QED) is 0.416. The highest BCUT2D eigenvalue weighted by Crippen LogP contribution is 2.54. The molecule has 1 saturated carbocycles. The Morgan fingerprint density at radius 1 is 0.952 bits per heavy atom. The number of benzene rings is 1. The highest BCUT2D eigenvalue weighted by molar-refractivity contribution is 7.93. The maximum absolute atomic E-state index is 13.6. The zero-order valence-corrected chi connectivity index (χ0v) is 24.2. The van der Waals surface area contributed by atoms with E-state index in [1.54, 1.807) is 13.0 Å². The topological polar surface area (TPSA) is 130 Å². The number of anilines is 3. The number of halogens is 2. The van der Waals surface area contributed by atoms with E-state index in [2.05, 4.69) is 14.9 Å². The number of carbonyl (C=O) groups is 2. The lowest BCUT2D eigenvalue weighted by Gasteiger charge is -2.35. The molecule has 2 aliphatic heterocycles. The van der Waals surface area contributed by atoms with Gasteiger partial charge in [-0.2, -0.15) is 0 Å². The molecule has 228 valence electrons. The Morgan fingerprint density at radius 2 is 1.62 bits per heavy atom. The number of esters is 1. The van der Waals surface area contributed by atoms with Gasteiger partial charge < -0.3 is 20.0 Å². The van der Waals surface area contributed by atoms with Crippen molar-refractivity contribution < 1.29 is 31.5 Å². The monoisotopic (exact) mass is 607 g/mol. The summed E-state index contributed by atoms with van der Waals surface area (Å²) >= 11 is 0. The number of rotatable bonds is 9. The third-order valence-electron chi connectivity index (χ3n) is 8.18. The van der Waals surface area contributed by atoms with E-state index in [4.69, 9.17) is 4.74 Å². The molecule has 1 spiro atoms. The Hall–Kier alpha value is -3.68. The first-order chi connectivity index (χ1) is 19.9. The third-order valence-corrected chi connectivity index (χ3v) is 9.34. The molecule has 2 saturated heterocycles. The minimum atomic E-state index is -4.05. The van der Waals surface area contributed by atoms with Gasteiger partial charge in [0.05, 0.1) is 35.4 Å². The van der Waals surface area contributed by atoms with Gasteiger partial charge in [-0.1, -0.05) is 0 Å². The van der Waals surface area contributed by atoms with Crippen LogP contribution in [0.3, 0.4) is 0 Å². The average Bonchev–Trinajstić information content (AvgIpc) is 3.68. The molecule has 0 bridgehead atoms. The number of nitrogens with one attached hydrogen (secondary N) is 2. The van der Waals surface area contributed by atoms with Crippen LogP contribution in [0.5, 0.6) is 0 Å². The van der Waals surface area contributed by atoms with Gasteiger partial charge in [0, 0.05) is 45.1 Å². The van der Waals surface area contributed by atoms with Gasteiger partial charge in [0.2, 0.25) is 10.0 Å². The highest BCUT2D eigenvalue weighted by atomic mass is 32.2. The van der Waals surface area contributed by atoms with E-state index >= 15 is 0 Å². The summed E-state index contributed by atoms with van der Waals surface area (Å²) in [5.74, 6) is -4.95. The van der Waals surface area contributed by atoms with Gasteiger partial charge in [0.1, 0.15) is 0 Å². The van der Waals surface area contributed by atoms with E-state index in [1.807, 2.05) is 0 Å². The fraction of sp³-hybridized carbons (Fsp3) is 0.536. The summed E-state index contributed by atoms with van der Waals surface area (Å²) in [4.78, 5) is 39.9. The first-order valence-corrected chi connectivity index (χ1v) is 15.8. The van der Waals surface area contributed by atoms with Crippen molar-refractivity contribution in [3.63, 3.8) is 0 Å². The highest BCUT2D eigenvalue weighted by Gasteiger charge is 2.44. The summed E-state index contributed by atoms with van der Waals surface area (Å²) < 4.78 is 60.8. The minimum absolute atomic E-state index is 0.00155. The lowest BCUT2D eigenvalue weighted by molar-refractivity contribution is -0.139. The number of aromatic nitrogens is 1. The van der Waals surface area contributed by atoms with Crippen molar-refractivity contribution in [2.24, 2.45) is 5.41 Å². The van der Waals surface area contributed by atoms with Gasteiger partial charge in [-0.3, -0.25) is 19.1 Å². The summed E-state index contributed by atoms with van der Waals surface area (Å²) in [5.41, 5.74) is 1.30. The van der Waals surface area contributed by atoms with E-state index in [-0.39, 0.29) is 38.2 Å². The number of carbonyl (C=O) groups excluding carboxylic acids is 2. The number of hydrogen-bond donors (Lipinski definition) is 2. The van der Waals surface area contributed by atoms with Crippen molar-refractivity contribution in [2.75, 3.05) is 58.5 Å². The number of hydrogen-bond acceptors (Lipinski definition) is 8. The van der Waals surface area contributed by atoms with E-state index < -0.39 is 39.1 Å². The van der Waals surface area contributed by atoms with Crippen molar-refractivity contribution in [1.82, 2.24) is 4.68 Å². The molecule has 5 rings (SSSR count). The number of amides is 1. The van der Waals surface area contributed by atoms with Gasteiger partial charge in [-0.25, -0.2) is 21.9 Å². The summed E-state index contributed by atoms with van der Waals surface area (Å²) in [5, 5.41) is 4.32. The second kappa shape index (κ2) is 11.5. The Morgan fingerprint density at radius 3 is 2.26 bits per heavy atom. The van der Waals surface area contributed by atoms with Crippen LogP contribution in [-0.2, 0) is 19.6 Å². The molecule has 11 nitrogen and oxygen atoms in total. The van der Waals surface area contributed by atoms with Crippen LogP contribution >= 0.6 is 0 Å². The molecule has 42 heavy (non-hydrogen) atoms. The molecule has 3 fully saturated rings.